The van der Waals surface area contributed by atoms with Crippen LogP contribution in [0.2, 0.25) is 0 Å². The zero-order valence-electron chi connectivity index (χ0n) is 12.0. The molecule has 1 heterocycles. The lowest BCUT2D eigenvalue weighted by atomic mass is 9.87. The lowest BCUT2D eigenvalue weighted by molar-refractivity contribution is 0.242. The molecule has 5 nitrogen and oxygen atoms in total. The number of halogens is 2. The van der Waals surface area contributed by atoms with Gasteiger partial charge in [0.1, 0.15) is 11.6 Å². The SMILES string of the molecule is CC1(C)CCCC1n1nnnc1-c1cc(N)c(F)cc1F. The van der Waals surface area contributed by atoms with Gasteiger partial charge in [-0.25, -0.2) is 13.5 Å². The first-order valence-electron chi connectivity index (χ1n) is 6.93. The molecule has 0 aliphatic heterocycles. The van der Waals surface area contributed by atoms with Gasteiger partial charge >= 0.3 is 0 Å². The van der Waals surface area contributed by atoms with Gasteiger partial charge < -0.3 is 5.73 Å². The van der Waals surface area contributed by atoms with Crippen LogP contribution in [0.5, 0.6) is 0 Å². The van der Waals surface area contributed by atoms with Gasteiger partial charge in [-0.3, -0.25) is 0 Å². The maximum absolute atomic E-state index is 14.0. The smallest absolute Gasteiger partial charge is 0.185 e. The molecule has 0 spiro atoms. The van der Waals surface area contributed by atoms with Gasteiger partial charge in [0.2, 0.25) is 0 Å². The summed E-state index contributed by atoms with van der Waals surface area (Å²) in [6.45, 7) is 4.29. The van der Waals surface area contributed by atoms with Crippen molar-refractivity contribution in [2.24, 2.45) is 5.41 Å². The largest absolute Gasteiger partial charge is 0.396 e. The number of anilines is 1. The highest BCUT2D eigenvalue weighted by atomic mass is 19.1. The highest BCUT2D eigenvalue weighted by Crippen LogP contribution is 2.46. The van der Waals surface area contributed by atoms with Crippen LogP contribution >= 0.6 is 0 Å². The summed E-state index contributed by atoms with van der Waals surface area (Å²) in [5.41, 5.74) is 5.57. The number of nitrogens with two attached hydrogens (primary N) is 1. The fourth-order valence-corrected chi connectivity index (χ4v) is 3.08. The first kappa shape index (κ1) is 13.9. The molecule has 0 amide bonds. The van der Waals surface area contributed by atoms with E-state index in [-0.39, 0.29) is 22.7 Å². The molecule has 2 aromatic rings. The molecule has 3 rings (SSSR count). The predicted octanol–water partition coefficient (Wildman–Crippen LogP) is 2.95. The zero-order chi connectivity index (χ0) is 15.2. The number of hydrogen-bond donors (Lipinski definition) is 1. The molecular weight excluding hydrogens is 276 g/mol. The Hall–Kier alpha value is -2.05. The van der Waals surface area contributed by atoms with Crippen LogP contribution in [0.4, 0.5) is 14.5 Å². The van der Waals surface area contributed by atoms with Gasteiger partial charge in [-0.15, -0.1) is 5.10 Å². The Morgan fingerprint density at radius 3 is 2.71 bits per heavy atom. The molecule has 0 radical (unpaired) electrons. The summed E-state index contributed by atoms with van der Waals surface area (Å²) in [4.78, 5) is 0. The molecule has 1 aliphatic carbocycles. The van der Waals surface area contributed by atoms with E-state index in [1.54, 1.807) is 4.68 Å². The van der Waals surface area contributed by atoms with Crippen LogP contribution in [-0.2, 0) is 0 Å². The highest BCUT2D eigenvalue weighted by molar-refractivity contribution is 5.62. The van der Waals surface area contributed by atoms with Gasteiger partial charge in [0.05, 0.1) is 17.3 Å². The van der Waals surface area contributed by atoms with E-state index in [1.807, 2.05) is 0 Å². The molecule has 1 aromatic heterocycles. The Kier molecular flexibility index (Phi) is 3.15. The number of benzene rings is 1. The van der Waals surface area contributed by atoms with E-state index < -0.39 is 11.6 Å². The topological polar surface area (TPSA) is 69.6 Å². The summed E-state index contributed by atoms with van der Waals surface area (Å²) in [6, 6.07) is 2.10. The summed E-state index contributed by atoms with van der Waals surface area (Å²) < 4.78 is 29.0. The molecule has 2 N–H and O–H groups in total. The molecule has 1 fully saturated rings. The van der Waals surface area contributed by atoms with Crippen molar-refractivity contribution in [2.45, 2.75) is 39.2 Å². The third kappa shape index (κ3) is 2.26. The third-order valence-corrected chi connectivity index (χ3v) is 4.32. The van der Waals surface area contributed by atoms with Crippen molar-refractivity contribution in [3.63, 3.8) is 0 Å². The van der Waals surface area contributed by atoms with E-state index in [2.05, 4.69) is 29.4 Å². The predicted molar refractivity (Wildman–Crippen MR) is 74.3 cm³/mol. The lowest BCUT2D eigenvalue weighted by Crippen LogP contribution is -2.23. The van der Waals surface area contributed by atoms with Crippen molar-refractivity contribution >= 4 is 5.69 Å². The van der Waals surface area contributed by atoms with E-state index in [0.29, 0.717) is 5.82 Å². The molecule has 21 heavy (non-hydrogen) atoms. The van der Waals surface area contributed by atoms with Crippen LogP contribution in [0.25, 0.3) is 11.4 Å². The Bertz CT molecular complexity index is 680. The molecule has 1 aromatic carbocycles. The van der Waals surface area contributed by atoms with E-state index in [9.17, 15) is 8.78 Å². The Morgan fingerprint density at radius 1 is 1.29 bits per heavy atom. The monoisotopic (exact) mass is 293 g/mol. The fraction of sp³-hybridized carbons (Fsp3) is 0.500. The second-order valence-corrected chi connectivity index (χ2v) is 6.20. The second kappa shape index (κ2) is 4.75. The van der Waals surface area contributed by atoms with Crippen molar-refractivity contribution in [1.82, 2.24) is 20.2 Å². The molecule has 0 bridgehead atoms. The average Bonchev–Trinajstić information content (AvgIpc) is 2.99. The normalized spacial score (nSPS) is 20.9. The average molecular weight is 293 g/mol. The molecular formula is C14H17F2N5. The quantitative estimate of drug-likeness (QED) is 0.864. The molecule has 0 saturated heterocycles. The van der Waals surface area contributed by atoms with Gasteiger partial charge in [-0.1, -0.05) is 20.3 Å². The third-order valence-electron chi connectivity index (χ3n) is 4.32. The summed E-state index contributed by atoms with van der Waals surface area (Å²) >= 11 is 0. The summed E-state index contributed by atoms with van der Waals surface area (Å²) in [5, 5.41) is 11.6. The van der Waals surface area contributed by atoms with Gasteiger partial charge in [0.25, 0.3) is 0 Å². The zero-order valence-corrected chi connectivity index (χ0v) is 12.0. The highest BCUT2D eigenvalue weighted by Gasteiger charge is 2.38. The van der Waals surface area contributed by atoms with Crippen LogP contribution in [0.15, 0.2) is 12.1 Å². The van der Waals surface area contributed by atoms with Crippen molar-refractivity contribution in [3.8, 4) is 11.4 Å². The maximum atomic E-state index is 14.0. The lowest BCUT2D eigenvalue weighted by Gasteiger charge is -2.27. The van der Waals surface area contributed by atoms with Crippen LogP contribution < -0.4 is 5.73 Å². The van der Waals surface area contributed by atoms with Crippen molar-refractivity contribution in [2.75, 3.05) is 5.73 Å². The summed E-state index contributed by atoms with van der Waals surface area (Å²) in [5.74, 6) is -1.20. The van der Waals surface area contributed by atoms with Gasteiger partial charge in [-0.05, 0) is 34.7 Å². The number of rotatable bonds is 2. The van der Waals surface area contributed by atoms with Crippen LogP contribution in [0.3, 0.4) is 0 Å². The van der Waals surface area contributed by atoms with Crippen molar-refractivity contribution < 1.29 is 8.78 Å². The van der Waals surface area contributed by atoms with Gasteiger partial charge in [0, 0.05) is 6.07 Å². The number of nitrogen functional groups attached to an aromatic ring is 1. The van der Waals surface area contributed by atoms with E-state index in [0.717, 1.165) is 25.3 Å². The van der Waals surface area contributed by atoms with Gasteiger partial charge in [0.15, 0.2) is 5.82 Å². The molecule has 7 heteroatoms. The van der Waals surface area contributed by atoms with E-state index in [1.165, 1.54) is 6.07 Å². The van der Waals surface area contributed by atoms with Gasteiger partial charge in [-0.2, -0.15) is 0 Å². The number of nitrogens with zero attached hydrogens (tertiary/aromatic N) is 4. The van der Waals surface area contributed by atoms with E-state index in [4.69, 9.17) is 5.73 Å². The van der Waals surface area contributed by atoms with Crippen LogP contribution in [0, 0.1) is 17.0 Å². The maximum Gasteiger partial charge on any atom is 0.185 e. The van der Waals surface area contributed by atoms with E-state index >= 15 is 0 Å². The second-order valence-electron chi connectivity index (χ2n) is 6.20. The number of aromatic nitrogens is 4. The Morgan fingerprint density at radius 2 is 2.05 bits per heavy atom. The summed E-state index contributed by atoms with van der Waals surface area (Å²) in [7, 11) is 0. The first-order valence-corrected chi connectivity index (χ1v) is 6.93. The minimum atomic E-state index is -0.781. The van der Waals surface area contributed by atoms with Crippen LogP contribution in [0.1, 0.15) is 39.2 Å². The fourth-order valence-electron chi connectivity index (χ4n) is 3.08. The first-order chi connectivity index (χ1) is 9.90. The minimum absolute atomic E-state index is 0.0339. The van der Waals surface area contributed by atoms with Crippen molar-refractivity contribution in [3.05, 3.63) is 23.8 Å². The Balaban J connectivity index is 2.10. The molecule has 112 valence electrons. The minimum Gasteiger partial charge on any atom is -0.396 e. The van der Waals surface area contributed by atoms with Crippen molar-refractivity contribution in [1.29, 1.82) is 0 Å². The summed E-state index contributed by atoms with van der Waals surface area (Å²) in [6.07, 6.45) is 3.07. The molecule has 1 saturated carbocycles. The number of tetrazole rings is 1. The molecule has 1 unspecified atom stereocenters. The van der Waals surface area contributed by atoms with Crippen LogP contribution in [-0.4, -0.2) is 20.2 Å². The standard InChI is InChI=1S/C14H17F2N5/c1-14(2)5-3-4-12(14)21-13(18-19-20-21)8-6-11(17)10(16)7-9(8)15/h6-7,12H,3-5,17H2,1-2H3. The Labute approximate surface area is 121 Å². The molecule has 1 atom stereocenters. The molecule has 1 aliphatic rings. The number of hydrogen-bond acceptors (Lipinski definition) is 4.